The molecule has 0 spiro atoms. The van der Waals surface area contributed by atoms with Crippen LogP contribution in [0.15, 0.2) is 42.7 Å². The molecular formula is C15H13N5O2. The number of aryl methyl sites for hydroxylation is 1. The minimum atomic E-state index is -0.777. The minimum Gasteiger partial charge on any atom is -0.318 e. The summed E-state index contributed by atoms with van der Waals surface area (Å²) in [7, 11) is 0. The van der Waals surface area contributed by atoms with Crippen LogP contribution in [0.5, 0.6) is 0 Å². The Hall–Kier alpha value is -3.22. The molecule has 0 saturated carbocycles. The highest BCUT2D eigenvalue weighted by molar-refractivity contribution is 6.43. The molecular weight excluding hydrogens is 282 g/mol. The fourth-order valence-electron chi connectivity index (χ4n) is 1.92. The van der Waals surface area contributed by atoms with Gasteiger partial charge in [-0.25, -0.2) is 4.98 Å². The molecule has 0 radical (unpaired) electrons. The molecule has 2 aromatic heterocycles. The lowest BCUT2D eigenvalue weighted by Crippen LogP contribution is -2.29. The summed E-state index contributed by atoms with van der Waals surface area (Å²) in [4.78, 5) is 27.7. The van der Waals surface area contributed by atoms with Gasteiger partial charge in [0.2, 0.25) is 0 Å². The number of benzene rings is 1. The maximum atomic E-state index is 11.9. The van der Waals surface area contributed by atoms with Gasteiger partial charge in [0.25, 0.3) is 0 Å². The highest BCUT2D eigenvalue weighted by atomic mass is 16.2. The first kappa shape index (κ1) is 13.7. The third-order valence-corrected chi connectivity index (χ3v) is 3.06. The molecule has 1 aromatic carbocycles. The molecule has 0 aliphatic rings. The molecule has 0 bridgehead atoms. The van der Waals surface area contributed by atoms with Crippen molar-refractivity contribution in [2.75, 3.05) is 10.6 Å². The van der Waals surface area contributed by atoms with Gasteiger partial charge >= 0.3 is 11.8 Å². The van der Waals surface area contributed by atoms with Crippen molar-refractivity contribution >= 4 is 34.2 Å². The SMILES string of the molecule is Cc1ccc(NC(=O)C(=O)Nc2ccc3cn[nH]c3c2)nc1. The zero-order chi connectivity index (χ0) is 15.5. The number of pyridine rings is 1. The number of anilines is 2. The van der Waals surface area contributed by atoms with Gasteiger partial charge in [-0.2, -0.15) is 5.10 Å². The van der Waals surface area contributed by atoms with Crippen molar-refractivity contribution < 1.29 is 9.59 Å². The first-order valence-electron chi connectivity index (χ1n) is 6.60. The molecule has 7 nitrogen and oxygen atoms in total. The number of H-pyrrole nitrogens is 1. The summed E-state index contributed by atoms with van der Waals surface area (Å²) in [5.74, 6) is -1.21. The number of rotatable bonds is 2. The Morgan fingerprint density at radius 1 is 1.05 bits per heavy atom. The molecule has 3 rings (SSSR count). The van der Waals surface area contributed by atoms with Gasteiger partial charge in [0.05, 0.1) is 11.7 Å². The number of nitrogens with zero attached hydrogens (tertiary/aromatic N) is 2. The number of carbonyl (C=O) groups excluding carboxylic acids is 2. The lowest BCUT2D eigenvalue weighted by atomic mass is 10.2. The molecule has 0 atom stereocenters. The zero-order valence-corrected chi connectivity index (χ0v) is 11.8. The van der Waals surface area contributed by atoms with Crippen molar-refractivity contribution in [2.24, 2.45) is 0 Å². The number of aromatic amines is 1. The van der Waals surface area contributed by atoms with Gasteiger partial charge in [0.15, 0.2) is 0 Å². The molecule has 110 valence electrons. The van der Waals surface area contributed by atoms with E-state index in [1.165, 1.54) is 0 Å². The monoisotopic (exact) mass is 295 g/mol. The Labute approximate surface area is 125 Å². The summed E-state index contributed by atoms with van der Waals surface area (Å²) >= 11 is 0. The van der Waals surface area contributed by atoms with Crippen molar-refractivity contribution in [2.45, 2.75) is 6.92 Å². The second-order valence-electron chi connectivity index (χ2n) is 4.80. The Bertz CT molecular complexity index is 839. The van der Waals surface area contributed by atoms with Gasteiger partial charge < -0.3 is 10.6 Å². The van der Waals surface area contributed by atoms with Gasteiger partial charge in [0, 0.05) is 17.3 Å². The van der Waals surface area contributed by atoms with E-state index in [1.807, 2.05) is 6.92 Å². The van der Waals surface area contributed by atoms with Crippen LogP contribution in [-0.4, -0.2) is 27.0 Å². The average molecular weight is 295 g/mol. The van der Waals surface area contributed by atoms with E-state index in [2.05, 4.69) is 25.8 Å². The zero-order valence-electron chi connectivity index (χ0n) is 11.8. The number of amides is 2. The number of nitrogens with one attached hydrogen (secondary N) is 3. The van der Waals surface area contributed by atoms with E-state index in [0.717, 1.165) is 16.5 Å². The molecule has 2 amide bonds. The van der Waals surface area contributed by atoms with Crippen LogP contribution in [0.4, 0.5) is 11.5 Å². The molecule has 22 heavy (non-hydrogen) atoms. The first-order valence-corrected chi connectivity index (χ1v) is 6.60. The van der Waals surface area contributed by atoms with Gasteiger partial charge in [0.1, 0.15) is 5.82 Å². The molecule has 0 aliphatic carbocycles. The third-order valence-electron chi connectivity index (χ3n) is 3.06. The van der Waals surface area contributed by atoms with Crippen molar-refractivity contribution in [1.82, 2.24) is 15.2 Å². The second-order valence-corrected chi connectivity index (χ2v) is 4.80. The largest absolute Gasteiger partial charge is 0.318 e. The molecule has 0 aliphatic heterocycles. The van der Waals surface area contributed by atoms with E-state index in [-0.39, 0.29) is 0 Å². The van der Waals surface area contributed by atoms with Crippen LogP contribution in [0, 0.1) is 6.92 Å². The topological polar surface area (TPSA) is 99.8 Å². The quantitative estimate of drug-likeness (QED) is 0.628. The van der Waals surface area contributed by atoms with Crippen LogP contribution in [0.1, 0.15) is 5.56 Å². The predicted molar refractivity (Wildman–Crippen MR) is 82.3 cm³/mol. The smallest absolute Gasteiger partial charge is 0.315 e. The Kier molecular flexibility index (Phi) is 3.53. The van der Waals surface area contributed by atoms with Crippen LogP contribution >= 0.6 is 0 Å². The van der Waals surface area contributed by atoms with E-state index < -0.39 is 11.8 Å². The Balaban J connectivity index is 1.67. The molecule has 3 aromatic rings. The van der Waals surface area contributed by atoms with Crippen molar-refractivity contribution in [1.29, 1.82) is 0 Å². The summed E-state index contributed by atoms with van der Waals surface area (Å²) in [5, 5.41) is 12.6. The fraction of sp³-hybridized carbons (Fsp3) is 0.0667. The van der Waals surface area contributed by atoms with Gasteiger partial charge in [-0.05, 0) is 36.8 Å². The van der Waals surface area contributed by atoms with Gasteiger partial charge in [-0.15, -0.1) is 0 Å². The van der Waals surface area contributed by atoms with Crippen LogP contribution < -0.4 is 10.6 Å². The summed E-state index contributed by atoms with van der Waals surface area (Å²) < 4.78 is 0. The number of carbonyl (C=O) groups is 2. The summed E-state index contributed by atoms with van der Waals surface area (Å²) in [6.45, 7) is 1.89. The van der Waals surface area contributed by atoms with E-state index >= 15 is 0 Å². The van der Waals surface area contributed by atoms with Crippen LogP contribution in [0.25, 0.3) is 10.9 Å². The molecule has 7 heteroatoms. The molecule has 3 N–H and O–H groups in total. The van der Waals surface area contributed by atoms with E-state index in [9.17, 15) is 9.59 Å². The van der Waals surface area contributed by atoms with Crippen molar-refractivity contribution in [3.05, 3.63) is 48.3 Å². The highest BCUT2D eigenvalue weighted by Crippen LogP contribution is 2.16. The maximum Gasteiger partial charge on any atom is 0.315 e. The van der Waals surface area contributed by atoms with Crippen LogP contribution in [0.3, 0.4) is 0 Å². The van der Waals surface area contributed by atoms with Crippen LogP contribution in [-0.2, 0) is 9.59 Å². The third kappa shape index (κ3) is 2.93. The number of fused-ring (bicyclic) bond motifs is 1. The second kappa shape index (κ2) is 5.65. The molecule has 0 saturated heterocycles. The van der Waals surface area contributed by atoms with Crippen molar-refractivity contribution in [3.63, 3.8) is 0 Å². The Morgan fingerprint density at radius 3 is 2.64 bits per heavy atom. The number of hydrogen-bond acceptors (Lipinski definition) is 4. The van der Waals surface area contributed by atoms with Crippen molar-refractivity contribution in [3.8, 4) is 0 Å². The summed E-state index contributed by atoms with van der Waals surface area (Å²) in [6.07, 6.45) is 3.29. The molecule has 0 fully saturated rings. The van der Waals surface area contributed by atoms with E-state index in [1.54, 1.807) is 42.7 Å². The first-order chi connectivity index (χ1) is 10.6. The minimum absolute atomic E-state index is 0.328. The number of aromatic nitrogens is 3. The normalized spacial score (nSPS) is 10.4. The molecule has 2 heterocycles. The maximum absolute atomic E-state index is 11.9. The van der Waals surface area contributed by atoms with Gasteiger partial charge in [-0.1, -0.05) is 6.07 Å². The summed E-state index contributed by atoms with van der Waals surface area (Å²) in [5.41, 5.74) is 2.25. The van der Waals surface area contributed by atoms with E-state index in [0.29, 0.717) is 11.5 Å². The standard InChI is InChI=1S/C15H13N5O2/c1-9-2-5-13(16-7-9)19-15(22)14(21)18-11-4-3-10-8-17-20-12(10)6-11/h2-8H,1H3,(H,17,20)(H,18,21)(H,16,19,22). The Morgan fingerprint density at radius 2 is 1.86 bits per heavy atom. The highest BCUT2D eigenvalue weighted by Gasteiger charge is 2.14. The van der Waals surface area contributed by atoms with E-state index in [4.69, 9.17) is 0 Å². The van der Waals surface area contributed by atoms with Gasteiger partial charge in [-0.3, -0.25) is 14.7 Å². The lowest BCUT2D eigenvalue weighted by molar-refractivity contribution is -0.133. The molecule has 0 unspecified atom stereocenters. The predicted octanol–water partition coefficient (Wildman–Crippen LogP) is 1.84. The lowest BCUT2D eigenvalue weighted by Gasteiger charge is -2.06. The fourth-order valence-corrected chi connectivity index (χ4v) is 1.92. The summed E-state index contributed by atoms with van der Waals surface area (Å²) in [6, 6.07) is 8.64. The average Bonchev–Trinajstić information content (AvgIpc) is 2.97. The van der Waals surface area contributed by atoms with Crippen LogP contribution in [0.2, 0.25) is 0 Å². The number of hydrogen-bond donors (Lipinski definition) is 3.